The molecular weight excluding hydrogens is 294 g/mol. The number of nitrogens with one attached hydrogen (secondary N) is 2. The van der Waals surface area contributed by atoms with Gasteiger partial charge in [-0.15, -0.1) is 0 Å². The highest BCUT2D eigenvalue weighted by Gasteiger charge is 2.17. The molecule has 2 rings (SSSR count). The minimum atomic E-state index is -3.93. The minimum Gasteiger partial charge on any atom is -0.366 e. The highest BCUT2D eigenvalue weighted by atomic mass is 32.2. The zero-order chi connectivity index (χ0) is 15.5. The lowest BCUT2D eigenvalue weighted by Gasteiger charge is -2.07. The smallest absolute Gasteiger partial charge is 0.248 e. The van der Waals surface area contributed by atoms with Crippen LogP contribution >= 0.6 is 0 Å². The maximum Gasteiger partial charge on any atom is 0.248 e. The van der Waals surface area contributed by atoms with E-state index in [-0.39, 0.29) is 17.0 Å². The number of rotatable bonds is 5. The van der Waals surface area contributed by atoms with Gasteiger partial charge in [-0.1, -0.05) is 12.1 Å². The molecule has 2 aromatic rings. The van der Waals surface area contributed by atoms with Crippen molar-refractivity contribution in [1.29, 1.82) is 0 Å². The number of nitrogens with two attached hydrogens (primary N) is 1. The van der Waals surface area contributed by atoms with E-state index >= 15 is 0 Å². The molecule has 0 atom stereocenters. The molecule has 0 aliphatic rings. The Morgan fingerprint density at radius 1 is 1.29 bits per heavy atom. The third kappa shape index (κ3) is 3.56. The maximum absolute atomic E-state index is 12.0. The topological polar surface area (TPSA) is 122 Å². The standard InChI is InChI=1S/C13H13N3O4S/c14-13(18)10-3-1-2-9(6-10)7-16-21(19,20)12-8-15-5-4-11(12)17/h1-6,8,16H,7H2,(H2,14,18)(H,15,17). The summed E-state index contributed by atoms with van der Waals surface area (Å²) in [7, 11) is -3.93. The summed E-state index contributed by atoms with van der Waals surface area (Å²) in [5.74, 6) is -0.598. The minimum absolute atomic E-state index is 0.0578. The molecule has 4 N–H and O–H groups in total. The summed E-state index contributed by atoms with van der Waals surface area (Å²) in [4.78, 5) is 24.8. The van der Waals surface area contributed by atoms with Crippen LogP contribution in [0.5, 0.6) is 0 Å². The summed E-state index contributed by atoms with van der Waals surface area (Å²) in [5.41, 5.74) is 5.39. The molecule has 0 aliphatic carbocycles. The number of primary amides is 1. The molecule has 1 heterocycles. The van der Waals surface area contributed by atoms with E-state index in [2.05, 4.69) is 9.71 Å². The molecule has 0 spiro atoms. The van der Waals surface area contributed by atoms with Crippen LogP contribution in [0.1, 0.15) is 15.9 Å². The van der Waals surface area contributed by atoms with E-state index in [1.165, 1.54) is 18.3 Å². The van der Waals surface area contributed by atoms with Crippen LogP contribution in [0.2, 0.25) is 0 Å². The fourth-order valence-corrected chi connectivity index (χ4v) is 2.77. The first-order chi connectivity index (χ1) is 9.90. The summed E-state index contributed by atoms with van der Waals surface area (Å²) in [6.45, 7) is -0.0578. The third-order valence-corrected chi connectivity index (χ3v) is 4.18. The Kier molecular flexibility index (Phi) is 4.20. The number of aromatic amines is 1. The quantitative estimate of drug-likeness (QED) is 0.717. The molecule has 0 saturated heterocycles. The van der Waals surface area contributed by atoms with E-state index in [4.69, 9.17) is 5.73 Å². The molecule has 1 aromatic heterocycles. The van der Waals surface area contributed by atoms with Gasteiger partial charge >= 0.3 is 0 Å². The Morgan fingerprint density at radius 3 is 2.71 bits per heavy atom. The lowest BCUT2D eigenvalue weighted by molar-refractivity contribution is 0.1000. The SMILES string of the molecule is NC(=O)c1cccc(CNS(=O)(=O)c2c[nH]ccc2=O)c1. The Bertz CT molecular complexity index is 827. The predicted molar refractivity (Wildman–Crippen MR) is 76.0 cm³/mol. The van der Waals surface area contributed by atoms with Gasteiger partial charge in [-0.3, -0.25) is 9.59 Å². The lowest BCUT2D eigenvalue weighted by atomic mass is 10.1. The molecule has 21 heavy (non-hydrogen) atoms. The Hall–Kier alpha value is -2.45. The zero-order valence-corrected chi connectivity index (χ0v) is 11.7. The van der Waals surface area contributed by atoms with Crippen molar-refractivity contribution in [3.05, 3.63) is 64.1 Å². The monoisotopic (exact) mass is 307 g/mol. The van der Waals surface area contributed by atoms with Gasteiger partial charge in [0.05, 0.1) is 0 Å². The first-order valence-electron chi connectivity index (χ1n) is 5.96. The van der Waals surface area contributed by atoms with Crippen molar-refractivity contribution in [2.24, 2.45) is 5.73 Å². The Labute approximate surface area is 120 Å². The Morgan fingerprint density at radius 2 is 2.05 bits per heavy atom. The van der Waals surface area contributed by atoms with E-state index in [1.807, 2.05) is 0 Å². The van der Waals surface area contributed by atoms with Gasteiger partial charge in [-0.2, -0.15) is 0 Å². The Balaban J connectivity index is 2.20. The zero-order valence-electron chi connectivity index (χ0n) is 10.9. The number of carbonyl (C=O) groups excluding carboxylic acids is 1. The second-order valence-corrected chi connectivity index (χ2v) is 6.00. The van der Waals surface area contributed by atoms with Crippen LogP contribution in [0.4, 0.5) is 0 Å². The molecular formula is C13H13N3O4S. The van der Waals surface area contributed by atoms with Crippen LogP contribution in [0, 0.1) is 0 Å². The fourth-order valence-electron chi connectivity index (χ4n) is 1.70. The molecule has 0 radical (unpaired) electrons. The molecule has 1 amide bonds. The van der Waals surface area contributed by atoms with E-state index in [9.17, 15) is 18.0 Å². The summed E-state index contributed by atoms with van der Waals surface area (Å²) < 4.78 is 26.3. The second kappa shape index (κ2) is 5.90. The van der Waals surface area contributed by atoms with Crippen LogP contribution in [-0.4, -0.2) is 19.3 Å². The number of amides is 1. The van der Waals surface area contributed by atoms with E-state index in [0.717, 1.165) is 12.3 Å². The van der Waals surface area contributed by atoms with Crippen molar-refractivity contribution in [2.75, 3.05) is 0 Å². The van der Waals surface area contributed by atoms with Crippen molar-refractivity contribution in [2.45, 2.75) is 11.4 Å². The van der Waals surface area contributed by atoms with Crippen LogP contribution < -0.4 is 15.9 Å². The summed E-state index contributed by atoms with van der Waals surface area (Å²) >= 11 is 0. The predicted octanol–water partition coefficient (Wildman–Crippen LogP) is -0.0477. The average molecular weight is 307 g/mol. The highest BCUT2D eigenvalue weighted by molar-refractivity contribution is 7.89. The number of carbonyl (C=O) groups is 1. The third-order valence-electron chi connectivity index (χ3n) is 2.76. The summed E-state index contributed by atoms with van der Waals surface area (Å²) in [5, 5.41) is 0. The average Bonchev–Trinajstić information content (AvgIpc) is 2.46. The second-order valence-electron chi connectivity index (χ2n) is 4.26. The number of sulfonamides is 1. The molecule has 1 aromatic carbocycles. The molecule has 110 valence electrons. The van der Waals surface area contributed by atoms with Gasteiger partial charge in [0.2, 0.25) is 21.4 Å². The van der Waals surface area contributed by atoms with Gasteiger partial charge < -0.3 is 10.7 Å². The molecule has 0 bridgehead atoms. The first kappa shape index (κ1) is 14.9. The number of pyridine rings is 1. The van der Waals surface area contributed by atoms with Crippen LogP contribution in [-0.2, 0) is 16.6 Å². The van der Waals surface area contributed by atoms with E-state index in [1.54, 1.807) is 12.1 Å². The van der Waals surface area contributed by atoms with E-state index < -0.39 is 21.4 Å². The van der Waals surface area contributed by atoms with Gasteiger partial charge in [0, 0.05) is 30.6 Å². The van der Waals surface area contributed by atoms with Gasteiger partial charge in [-0.05, 0) is 17.7 Å². The normalized spacial score (nSPS) is 11.2. The number of aromatic nitrogens is 1. The van der Waals surface area contributed by atoms with Gasteiger partial charge in [-0.25, -0.2) is 13.1 Å². The van der Waals surface area contributed by atoms with E-state index in [0.29, 0.717) is 5.56 Å². The van der Waals surface area contributed by atoms with Gasteiger partial charge in [0.25, 0.3) is 0 Å². The highest BCUT2D eigenvalue weighted by Crippen LogP contribution is 2.07. The molecule has 7 nitrogen and oxygen atoms in total. The summed E-state index contributed by atoms with van der Waals surface area (Å²) in [6, 6.07) is 7.38. The largest absolute Gasteiger partial charge is 0.366 e. The molecule has 0 saturated carbocycles. The molecule has 8 heteroatoms. The van der Waals surface area contributed by atoms with Gasteiger partial charge in [0.15, 0.2) is 0 Å². The van der Waals surface area contributed by atoms with Crippen molar-refractivity contribution in [3.63, 3.8) is 0 Å². The number of benzene rings is 1. The maximum atomic E-state index is 12.0. The lowest BCUT2D eigenvalue weighted by Crippen LogP contribution is -2.28. The van der Waals surface area contributed by atoms with Crippen molar-refractivity contribution in [1.82, 2.24) is 9.71 Å². The number of hydrogen-bond acceptors (Lipinski definition) is 4. The van der Waals surface area contributed by atoms with Crippen LogP contribution in [0.3, 0.4) is 0 Å². The molecule has 0 aliphatic heterocycles. The van der Waals surface area contributed by atoms with Crippen LogP contribution in [0.25, 0.3) is 0 Å². The van der Waals surface area contributed by atoms with Crippen LogP contribution in [0.15, 0.2) is 52.4 Å². The fraction of sp³-hybridized carbons (Fsp3) is 0.0769. The van der Waals surface area contributed by atoms with Crippen molar-refractivity contribution < 1.29 is 13.2 Å². The van der Waals surface area contributed by atoms with Gasteiger partial charge in [0.1, 0.15) is 4.90 Å². The summed E-state index contributed by atoms with van der Waals surface area (Å²) in [6.07, 6.45) is 2.46. The molecule has 0 fully saturated rings. The number of H-pyrrole nitrogens is 1. The first-order valence-corrected chi connectivity index (χ1v) is 7.44. The number of hydrogen-bond donors (Lipinski definition) is 3. The molecule has 0 unspecified atom stereocenters. The van der Waals surface area contributed by atoms with Crippen molar-refractivity contribution in [3.8, 4) is 0 Å². The van der Waals surface area contributed by atoms with Crippen molar-refractivity contribution >= 4 is 15.9 Å².